The van der Waals surface area contributed by atoms with E-state index in [1.54, 1.807) is 31.2 Å². The van der Waals surface area contributed by atoms with E-state index in [2.05, 4.69) is 0 Å². The van der Waals surface area contributed by atoms with Crippen molar-refractivity contribution in [3.63, 3.8) is 0 Å². The zero-order valence-electron chi connectivity index (χ0n) is 11.7. The second kappa shape index (κ2) is 6.07. The van der Waals surface area contributed by atoms with Gasteiger partial charge in [0.25, 0.3) is 0 Å². The van der Waals surface area contributed by atoms with Crippen LogP contribution in [0.2, 0.25) is 0 Å². The fourth-order valence-electron chi connectivity index (χ4n) is 2.49. The molecule has 0 radical (unpaired) electrons. The zero-order valence-corrected chi connectivity index (χ0v) is 11.7. The molecule has 4 nitrogen and oxygen atoms in total. The maximum absolute atomic E-state index is 12.3. The van der Waals surface area contributed by atoms with Crippen molar-refractivity contribution in [3.05, 3.63) is 35.9 Å². The number of esters is 1. The molecular weight excluding hydrogens is 256 g/mol. The van der Waals surface area contributed by atoms with Gasteiger partial charge in [-0.1, -0.05) is 43.2 Å². The lowest BCUT2D eigenvalue weighted by atomic mass is 9.76. The van der Waals surface area contributed by atoms with Crippen molar-refractivity contribution in [1.29, 1.82) is 0 Å². The van der Waals surface area contributed by atoms with Gasteiger partial charge in [-0.25, -0.2) is 0 Å². The molecule has 1 fully saturated rings. The summed E-state index contributed by atoms with van der Waals surface area (Å²) in [4.78, 5) is 24.2. The second-order valence-corrected chi connectivity index (χ2v) is 5.28. The van der Waals surface area contributed by atoms with Crippen molar-refractivity contribution in [2.45, 2.75) is 38.0 Å². The molecule has 1 saturated carbocycles. The van der Waals surface area contributed by atoms with Gasteiger partial charge in [-0.2, -0.15) is 0 Å². The summed E-state index contributed by atoms with van der Waals surface area (Å²) >= 11 is 0. The van der Waals surface area contributed by atoms with E-state index in [4.69, 9.17) is 4.74 Å². The predicted molar refractivity (Wildman–Crippen MR) is 74.3 cm³/mol. The Morgan fingerprint density at radius 2 is 1.95 bits per heavy atom. The Hall–Kier alpha value is -1.84. The van der Waals surface area contributed by atoms with Crippen molar-refractivity contribution in [1.82, 2.24) is 0 Å². The van der Waals surface area contributed by atoms with Crippen molar-refractivity contribution < 1.29 is 19.4 Å². The molecule has 0 spiro atoms. The van der Waals surface area contributed by atoms with Crippen LogP contribution in [0.15, 0.2) is 30.3 Å². The van der Waals surface area contributed by atoms with Crippen LogP contribution in [0, 0.1) is 5.92 Å². The second-order valence-electron chi connectivity index (χ2n) is 5.28. The third-order valence-corrected chi connectivity index (χ3v) is 3.88. The van der Waals surface area contributed by atoms with Crippen LogP contribution in [-0.4, -0.2) is 23.7 Å². The molecule has 108 valence electrons. The molecule has 1 aromatic rings. The van der Waals surface area contributed by atoms with E-state index in [-0.39, 0.29) is 6.61 Å². The van der Waals surface area contributed by atoms with E-state index in [9.17, 15) is 14.7 Å². The molecule has 0 aliphatic heterocycles. The molecule has 0 aromatic heterocycles. The van der Waals surface area contributed by atoms with Crippen molar-refractivity contribution in [3.8, 4) is 0 Å². The molecule has 0 bridgehead atoms. The Labute approximate surface area is 118 Å². The summed E-state index contributed by atoms with van der Waals surface area (Å²) in [5.41, 5.74) is -1.06. The number of hydrogen-bond donors (Lipinski definition) is 1. The van der Waals surface area contributed by atoms with E-state index in [0.717, 1.165) is 19.3 Å². The molecule has 1 aliphatic carbocycles. The zero-order chi connectivity index (χ0) is 14.6. The van der Waals surface area contributed by atoms with Gasteiger partial charge in [-0.15, -0.1) is 0 Å². The maximum atomic E-state index is 12.3. The molecular formula is C16H20O4. The minimum Gasteiger partial charge on any atom is -0.480 e. The van der Waals surface area contributed by atoms with E-state index in [0.29, 0.717) is 17.9 Å². The van der Waals surface area contributed by atoms with E-state index >= 15 is 0 Å². The summed E-state index contributed by atoms with van der Waals surface area (Å²) in [6.45, 7) is 1.88. The number of hydrogen-bond acceptors (Lipinski definition) is 3. The normalized spacial score (nSPS) is 17.2. The highest BCUT2D eigenvalue weighted by atomic mass is 16.5. The summed E-state index contributed by atoms with van der Waals surface area (Å²) in [5.74, 6) is -1.21. The average Bonchev–Trinajstić information content (AvgIpc) is 3.25. The SMILES string of the molecule is CCOC(=O)C(CCC1CC1)(C(=O)O)c1ccccc1. The van der Waals surface area contributed by atoms with Gasteiger partial charge in [-0.3, -0.25) is 9.59 Å². The standard InChI is InChI=1S/C16H20O4/c1-2-20-15(19)16(14(17)18,11-10-12-8-9-12)13-6-4-3-5-7-13/h3-7,12H,2,8-11H2,1H3,(H,17,18). The van der Waals surface area contributed by atoms with Crippen LogP contribution in [0.3, 0.4) is 0 Å². The Morgan fingerprint density at radius 1 is 1.30 bits per heavy atom. The van der Waals surface area contributed by atoms with Gasteiger partial charge in [0.2, 0.25) is 0 Å². The lowest BCUT2D eigenvalue weighted by Gasteiger charge is -2.27. The Kier molecular flexibility index (Phi) is 4.42. The summed E-state index contributed by atoms with van der Waals surface area (Å²) < 4.78 is 5.06. The van der Waals surface area contributed by atoms with Gasteiger partial charge < -0.3 is 9.84 Å². The molecule has 20 heavy (non-hydrogen) atoms. The maximum Gasteiger partial charge on any atom is 0.328 e. The van der Waals surface area contributed by atoms with Gasteiger partial charge >= 0.3 is 11.9 Å². The van der Waals surface area contributed by atoms with Crippen molar-refractivity contribution in [2.24, 2.45) is 5.92 Å². The lowest BCUT2D eigenvalue weighted by molar-refractivity contribution is -0.162. The predicted octanol–water partition coefficient (Wildman–Crippen LogP) is 2.76. The van der Waals surface area contributed by atoms with Gasteiger partial charge in [-0.05, 0) is 31.2 Å². The number of rotatable bonds is 7. The fraction of sp³-hybridized carbons (Fsp3) is 0.500. The third-order valence-electron chi connectivity index (χ3n) is 3.88. The first-order chi connectivity index (χ1) is 9.61. The monoisotopic (exact) mass is 276 g/mol. The van der Waals surface area contributed by atoms with Crippen LogP contribution in [0.5, 0.6) is 0 Å². The van der Waals surface area contributed by atoms with E-state index in [1.165, 1.54) is 0 Å². The first kappa shape index (κ1) is 14.6. The molecule has 1 N–H and O–H groups in total. The largest absolute Gasteiger partial charge is 0.480 e. The van der Waals surface area contributed by atoms with Crippen LogP contribution in [0.1, 0.15) is 38.2 Å². The summed E-state index contributed by atoms with van der Waals surface area (Å²) in [7, 11) is 0. The first-order valence-corrected chi connectivity index (χ1v) is 7.07. The number of aliphatic carboxylic acids is 1. The van der Waals surface area contributed by atoms with E-state index < -0.39 is 17.4 Å². The highest BCUT2D eigenvalue weighted by Crippen LogP contribution is 2.40. The molecule has 1 aliphatic rings. The van der Waals surface area contributed by atoms with Crippen molar-refractivity contribution in [2.75, 3.05) is 6.61 Å². The van der Waals surface area contributed by atoms with Crippen LogP contribution < -0.4 is 0 Å². The topological polar surface area (TPSA) is 63.6 Å². The molecule has 0 amide bonds. The Morgan fingerprint density at radius 3 is 2.45 bits per heavy atom. The minimum atomic E-state index is -1.57. The first-order valence-electron chi connectivity index (χ1n) is 7.07. The number of carboxylic acids is 1. The van der Waals surface area contributed by atoms with Crippen LogP contribution in [0.25, 0.3) is 0 Å². The molecule has 2 rings (SSSR count). The highest BCUT2D eigenvalue weighted by molar-refractivity contribution is 6.05. The third kappa shape index (κ3) is 2.84. The minimum absolute atomic E-state index is 0.185. The van der Waals surface area contributed by atoms with Crippen LogP contribution >= 0.6 is 0 Å². The van der Waals surface area contributed by atoms with Gasteiger partial charge in [0, 0.05) is 0 Å². The highest BCUT2D eigenvalue weighted by Gasteiger charge is 2.49. The molecule has 0 saturated heterocycles. The average molecular weight is 276 g/mol. The van der Waals surface area contributed by atoms with Crippen molar-refractivity contribution >= 4 is 11.9 Å². The van der Waals surface area contributed by atoms with Gasteiger partial charge in [0.1, 0.15) is 0 Å². The number of ether oxygens (including phenoxy) is 1. The van der Waals surface area contributed by atoms with Crippen LogP contribution in [0.4, 0.5) is 0 Å². The summed E-state index contributed by atoms with van der Waals surface area (Å²) in [6, 6.07) is 8.70. The Balaban J connectivity index is 2.36. The van der Waals surface area contributed by atoms with E-state index in [1.807, 2.05) is 6.07 Å². The number of carbonyl (C=O) groups excluding carboxylic acids is 1. The number of carboxylic acid groups (broad SMARTS) is 1. The summed E-state index contributed by atoms with van der Waals surface area (Å²) in [5, 5.41) is 9.71. The molecule has 1 unspecified atom stereocenters. The van der Waals surface area contributed by atoms with Gasteiger partial charge in [0.05, 0.1) is 6.61 Å². The summed E-state index contributed by atoms with van der Waals surface area (Å²) in [6.07, 6.45) is 3.32. The molecule has 4 heteroatoms. The lowest BCUT2D eigenvalue weighted by Crippen LogP contribution is -2.45. The number of benzene rings is 1. The van der Waals surface area contributed by atoms with Gasteiger partial charge in [0.15, 0.2) is 5.41 Å². The van der Waals surface area contributed by atoms with Crippen LogP contribution in [-0.2, 0) is 19.7 Å². The molecule has 1 aromatic carbocycles. The molecule has 1 atom stereocenters. The Bertz CT molecular complexity index is 479. The fourth-order valence-corrected chi connectivity index (χ4v) is 2.49. The quantitative estimate of drug-likeness (QED) is 0.614. The molecule has 0 heterocycles. The number of carbonyl (C=O) groups is 2. The smallest absolute Gasteiger partial charge is 0.328 e.